The maximum absolute atomic E-state index is 13.5. The molecule has 1 aromatic carbocycles. The van der Waals surface area contributed by atoms with Gasteiger partial charge in [0.2, 0.25) is 5.91 Å². The summed E-state index contributed by atoms with van der Waals surface area (Å²) in [5.41, 5.74) is 0.556. The monoisotopic (exact) mass is 250 g/mol. The molecule has 18 heavy (non-hydrogen) atoms. The number of nitrogens with one attached hydrogen (secondary N) is 2. The lowest BCUT2D eigenvalue weighted by atomic mass is 10.1. The average Bonchev–Trinajstić information content (AvgIpc) is 2.36. The number of hydrogen-bond donors (Lipinski definition) is 2. The van der Waals surface area contributed by atoms with Crippen LogP contribution in [-0.2, 0) is 4.79 Å². The second-order valence-corrected chi connectivity index (χ2v) is 4.17. The van der Waals surface area contributed by atoms with Crippen molar-refractivity contribution < 1.29 is 9.18 Å². The summed E-state index contributed by atoms with van der Waals surface area (Å²) >= 11 is 0. The number of carbonyl (C=O) groups excluding carboxylic acids is 1. The number of hydrogen-bond acceptors (Lipinski definition) is 2. The second kappa shape index (κ2) is 6.91. The Bertz CT molecular complexity index is 420. The fourth-order valence-electron chi connectivity index (χ4n) is 1.69. The minimum absolute atomic E-state index is 0.127. The molecule has 0 spiro atoms. The van der Waals surface area contributed by atoms with Gasteiger partial charge in [-0.15, -0.1) is 6.58 Å². The van der Waals surface area contributed by atoms with Gasteiger partial charge in [0.15, 0.2) is 0 Å². The molecule has 1 rings (SSSR count). The van der Waals surface area contributed by atoms with E-state index < -0.39 is 0 Å². The molecule has 1 unspecified atom stereocenters. The molecule has 0 radical (unpaired) electrons. The summed E-state index contributed by atoms with van der Waals surface area (Å²) in [6, 6.07) is 5.93. The third-order valence-corrected chi connectivity index (χ3v) is 2.69. The van der Waals surface area contributed by atoms with Gasteiger partial charge in [0.25, 0.3) is 0 Å². The van der Waals surface area contributed by atoms with Crippen LogP contribution in [0.5, 0.6) is 0 Å². The number of amides is 1. The normalized spacial score (nSPS) is 13.7. The van der Waals surface area contributed by atoms with Gasteiger partial charge in [-0.05, 0) is 19.9 Å². The van der Waals surface area contributed by atoms with Crippen molar-refractivity contribution in [2.45, 2.75) is 25.9 Å². The van der Waals surface area contributed by atoms with Crippen molar-refractivity contribution in [1.29, 1.82) is 0 Å². The zero-order valence-electron chi connectivity index (χ0n) is 10.7. The first-order valence-electron chi connectivity index (χ1n) is 5.95. The van der Waals surface area contributed by atoms with Gasteiger partial charge in [-0.1, -0.05) is 24.3 Å². The molecule has 0 aliphatic carbocycles. The van der Waals surface area contributed by atoms with Gasteiger partial charge in [-0.3, -0.25) is 10.1 Å². The third-order valence-electron chi connectivity index (χ3n) is 2.69. The topological polar surface area (TPSA) is 41.1 Å². The molecule has 0 heterocycles. The average molecular weight is 250 g/mol. The Morgan fingerprint density at radius 3 is 2.72 bits per heavy atom. The molecular formula is C14H19FN2O. The molecule has 0 fully saturated rings. The van der Waals surface area contributed by atoms with E-state index in [0.29, 0.717) is 12.1 Å². The Hall–Kier alpha value is -1.68. The van der Waals surface area contributed by atoms with Gasteiger partial charge >= 0.3 is 0 Å². The van der Waals surface area contributed by atoms with Gasteiger partial charge in [-0.25, -0.2) is 4.39 Å². The van der Waals surface area contributed by atoms with Crippen LogP contribution in [-0.4, -0.2) is 18.5 Å². The van der Waals surface area contributed by atoms with Crippen molar-refractivity contribution in [3.05, 3.63) is 48.3 Å². The molecule has 0 saturated carbocycles. The number of halogens is 1. The highest BCUT2D eigenvalue weighted by Gasteiger charge is 2.17. The highest BCUT2D eigenvalue weighted by molar-refractivity contribution is 5.81. The van der Waals surface area contributed by atoms with Crippen LogP contribution in [0.3, 0.4) is 0 Å². The smallest absolute Gasteiger partial charge is 0.237 e. The number of benzene rings is 1. The van der Waals surface area contributed by atoms with Gasteiger partial charge in [-0.2, -0.15) is 0 Å². The second-order valence-electron chi connectivity index (χ2n) is 4.17. The van der Waals surface area contributed by atoms with Crippen LogP contribution in [0.2, 0.25) is 0 Å². The fourth-order valence-corrected chi connectivity index (χ4v) is 1.69. The molecular weight excluding hydrogens is 231 g/mol. The minimum atomic E-state index is -0.389. The van der Waals surface area contributed by atoms with Crippen LogP contribution in [0, 0.1) is 5.82 Å². The van der Waals surface area contributed by atoms with Crippen LogP contribution in [0.25, 0.3) is 0 Å². The van der Waals surface area contributed by atoms with Crippen molar-refractivity contribution in [2.24, 2.45) is 0 Å². The minimum Gasteiger partial charge on any atom is -0.351 e. The Morgan fingerprint density at radius 2 is 2.11 bits per heavy atom. The van der Waals surface area contributed by atoms with Crippen molar-refractivity contribution in [3.63, 3.8) is 0 Å². The quantitative estimate of drug-likeness (QED) is 0.760. The fraction of sp³-hybridized carbons (Fsp3) is 0.357. The summed E-state index contributed by atoms with van der Waals surface area (Å²) in [4.78, 5) is 11.6. The molecule has 1 aromatic rings. The van der Waals surface area contributed by atoms with Crippen LogP contribution in [0.1, 0.15) is 25.5 Å². The molecule has 4 heteroatoms. The largest absolute Gasteiger partial charge is 0.351 e. The predicted molar refractivity (Wildman–Crippen MR) is 70.6 cm³/mol. The van der Waals surface area contributed by atoms with Crippen LogP contribution < -0.4 is 10.6 Å². The molecule has 0 bridgehead atoms. The lowest BCUT2D eigenvalue weighted by Gasteiger charge is -2.20. The molecule has 0 aliphatic heterocycles. The first kappa shape index (κ1) is 14.4. The Labute approximate surface area is 107 Å². The summed E-state index contributed by atoms with van der Waals surface area (Å²) in [5, 5.41) is 5.75. The van der Waals surface area contributed by atoms with E-state index in [1.807, 2.05) is 6.92 Å². The summed E-state index contributed by atoms with van der Waals surface area (Å²) in [6.45, 7) is 7.53. The third kappa shape index (κ3) is 3.96. The summed E-state index contributed by atoms with van der Waals surface area (Å²) in [7, 11) is 0. The van der Waals surface area contributed by atoms with E-state index in [1.54, 1.807) is 31.2 Å². The maximum Gasteiger partial charge on any atom is 0.237 e. The molecule has 1 amide bonds. The van der Waals surface area contributed by atoms with Gasteiger partial charge in [0, 0.05) is 18.2 Å². The van der Waals surface area contributed by atoms with Crippen LogP contribution in [0.15, 0.2) is 36.9 Å². The van der Waals surface area contributed by atoms with Crippen molar-refractivity contribution in [2.75, 3.05) is 6.54 Å². The van der Waals surface area contributed by atoms with E-state index in [-0.39, 0.29) is 23.8 Å². The molecule has 3 nitrogen and oxygen atoms in total. The molecule has 2 atom stereocenters. The predicted octanol–water partition coefficient (Wildman–Crippen LogP) is 2.17. The Kier molecular flexibility index (Phi) is 5.52. The zero-order valence-corrected chi connectivity index (χ0v) is 10.7. The standard InChI is InChI=1S/C14H19FN2O/c1-4-9-16-14(18)11(3)17-10(2)12-7-5-6-8-13(12)15/h4-8,10-11,17H,1,9H2,2-3H3,(H,16,18)/t10-,11?/m1/s1. The Morgan fingerprint density at radius 1 is 1.44 bits per heavy atom. The first-order valence-corrected chi connectivity index (χ1v) is 5.95. The summed E-state index contributed by atoms with van der Waals surface area (Å²) in [5.74, 6) is -0.394. The zero-order chi connectivity index (χ0) is 13.5. The highest BCUT2D eigenvalue weighted by Crippen LogP contribution is 2.16. The lowest BCUT2D eigenvalue weighted by Crippen LogP contribution is -2.43. The van der Waals surface area contributed by atoms with E-state index in [0.717, 1.165) is 0 Å². The van der Waals surface area contributed by atoms with E-state index in [4.69, 9.17) is 0 Å². The molecule has 0 aliphatic rings. The van der Waals surface area contributed by atoms with Gasteiger partial charge < -0.3 is 5.32 Å². The van der Waals surface area contributed by atoms with E-state index in [1.165, 1.54) is 6.07 Å². The van der Waals surface area contributed by atoms with Gasteiger partial charge in [0.05, 0.1) is 6.04 Å². The number of carbonyl (C=O) groups is 1. The lowest BCUT2D eigenvalue weighted by molar-refractivity contribution is -0.122. The molecule has 0 saturated heterocycles. The first-order chi connectivity index (χ1) is 8.56. The number of rotatable bonds is 6. The molecule has 98 valence electrons. The highest BCUT2D eigenvalue weighted by atomic mass is 19.1. The van der Waals surface area contributed by atoms with E-state index in [2.05, 4.69) is 17.2 Å². The van der Waals surface area contributed by atoms with Crippen LogP contribution >= 0.6 is 0 Å². The van der Waals surface area contributed by atoms with Crippen molar-refractivity contribution in [3.8, 4) is 0 Å². The van der Waals surface area contributed by atoms with Crippen LogP contribution in [0.4, 0.5) is 4.39 Å². The molecule has 0 aromatic heterocycles. The molecule has 2 N–H and O–H groups in total. The van der Waals surface area contributed by atoms with E-state index >= 15 is 0 Å². The van der Waals surface area contributed by atoms with Crippen molar-refractivity contribution >= 4 is 5.91 Å². The maximum atomic E-state index is 13.5. The summed E-state index contributed by atoms with van der Waals surface area (Å²) in [6.07, 6.45) is 1.62. The Balaban J connectivity index is 2.59. The SMILES string of the molecule is C=CCNC(=O)C(C)N[C@H](C)c1ccccc1F. The van der Waals surface area contributed by atoms with Crippen molar-refractivity contribution in [1.82, 2.24) is 10.6 Å². The summed E-state index contributed by atoms with van der Waals surface area (Å²) < 4.78 is 13.5. The van der Waals surface area contributed by atoms with Gasteiger partial charge in [0.1, 0.15) is 5.82 Å². The van der Waals surface area contributed by atoms with E-state index in [9.17, 15) is 9.18 Å².